The van der Waals surface area contributed by atoms with Crippen LogP contribution in [0.2, 0.25) is 0 Å². The highest BCUT2D eigenvalue weighted by Gasteiger charge is 1.97. The van der Waals surface area contributed by atoms with Gasteiger partial charge < -0.3 is 10.6 Å². The van der Waals surface area contributed by atoms with E-state index in [-0.39, 0.29) is 43.8 Å². The normalized spacial score (nSPS) is 8.90. The molecule has 8 heteroatoms. The Labute approximate surface area is 253 Å². The summed E-state index contributed by atoms with van der Waals surface area (Å²) in [5.74, 6) is 0.239. The number of rotatable bonds is 0. The number of aromatic nitrogens is 3. The van der Waals surface area contributed by atoms with Crippen LogP contribution in [-0.2, 0) is 0 Å². The molecule has 0 bridgehead atoms. The highest BCUT2D eigenvalue weighted by molar-refractivity contribution is 6.40. The molecule has 0 atom stereocenters. The van der Waals surface area contributed by atoms with Crippen LogP contribution in [0.1, 0.15) is 26.0 Å². The lowest BCUT2D eigenvalue weighted by molar-refractivity contribution is 0.480. The third-order valence-electron chi connectivity index (χ3n) is 5.28. The Morgan fingerprint density at radius 3 is 1.20 bits per heavy atom. The van der Waals surface area contributed by atoms with Crippen molar-refractivity contribution in [2.24, 2.45) is 0 Å². The molecule has 6 rings (SSSR count). The number of alkyl halides is 2. The van der Waals surface area contributed by atoms with E-state index in [9.17, 15) is 5.11 Å². The molecule has 3 N–H and O–H groups in total. The van der Waals surface area contributed by atoms with Crippen LogP contribution in [0.25, 0.3) is 32.7 Å². The molecule has 40 heavy (non-hydrogen) atoms. The van der Waals surface area contributed by atoms with Crippen molar-refractivity contribution in [1.82, 2.24) is 15.0 Å². The number of phenolic OH excluding ortho intramolecular Hbond substituents is 1. The molecule has 0 aliphatic heterocycles. The Kier molecular flexibility index (Phi) is 19.7. The zero-order chi connectivity index (χ0) is 25.8. The highest BCUT2D eigenvalue weighted by atomic mass is 35.5. The number of hydrogen-bond donors (Lipinski definition) is 1. The van der Waals surface area contributed by atoms with Crippen LogP contribution < -0.4 is 0 Å². The molecule has 3 aromatic carbocycles. The molecule has 0 amide bonds. The van der Waals surface area contributed by atoms with Gasteiger partial charge in [0.1, 0.15) is 11.3 Å². The molecule has 0 fully saturated rings. The van der Waals surface area contributed by atoms with Gasteiger partial charge in [-0.2, -0.15) is 0 Å². The largest absolute Gasteiger partial charge is 0.506 e. The fraction of sp³-hybridized carbons (Fsp3) is 0.156. The zero-order valence-corrected chi connectivity index (χ0v) is 23.4. The second-order valence-corrected chi connectivity index (χ2v) is 8.56. The number of fused-ring (bicyclic) bond motifs is 3. The Balaban J connectivity index is 0. The number of hydrogen-bond acceptors (Lipinski definition) is 4. The molecule has 0 unspecified atom stereocenters. The number of aromatic hydroxyl groups is 1. The number of aryl methyl sites for hydroxylation is 2. The molecular formula is C32H38Cl3N3O2. The minimum absolute atomic E-state index is 0. The van der Waals surface area contributed by atoms with Gasteiger partial charge in [0.15, 0.2) is 0 Å². The van der Waals surface area contributed by atoms with Crippen LogP contribution in [0, 0.1) is 13.8 Å². The van der Waals surface area contributed by atoms with Crippen molar-refractivity contribution in [2.75, 3.05) is 5.34 Å². The molecule has 0 saturated carbocycles. The third kappa shape index (κ3) is 10.9. The molecule has 0 aliphatic rings. The zero-order valence-electron chi connectivity index (χ0n) is 21.1. The summed E-state index contributed by atoms with van der Waals surface area (Å²) in [5.41, 5.74) is 5.35. The fourth-order valence-corrected chi connectivity index (χ4v) is 3.60. The minimum atomic E-state index is 0. The van der Waals surface area contributed by atoms with Gasteiger partial charge >= 0.3 is 0 Å². The predicted molar refractivity (Wildman–Crippen MR) is 177 cm³/mol. The standard InChI is InChI=1S/2C10H9N.C9H7NO.CH2Cl2.2CH4.ClH.H2O/c2*1-8-4-2-5-9-6-3-7-11-10(8)9;11-8-5-1-3-7-4-2-6-10-9(7)8;2-1-3;;;;/h2*2-7H,1H3;1-6,11H;1H2;2*1H4;1H;1H2. The lowest BCUT2D eigenvalue weighted by Crippen LogP contribution is -1.80. The first-order valence-corrected chi connectivity index (χ1v) is 12.4. The number of nitrogens with zero attached hydrogens (tertiary/aromatic N) is 3. The molecule has 3 heterocycles. The van der Waals surface area contributed by atoms with E-state index in [2.05, 4.69) is 77.3 Å². The molecule has 0 saturated heterocycles. The predicted octanol–water partition coefficient (Wildman–Crippen LogP) is 9.32. The summed E-state index contributed by atoms with van der Waals surface area (Å²) in [4.78, 5) is 12.6. The summed E-state index contributed by atoms with van der Waals surface area (Å²) >= 11 is 9.53. The lowest BCUT2D eigenvalue weighted by Gasteiger charge is -1.97. The monoisotopic (exact) mass is 601 g/mol. The minimum Gasteiger partial charge on any atom is -0.506 e. The Hall–Kier alpha value is -3.48. The summed E-state index contributed by atoms with van der Waals surface area (Å²) in [7, 11) is 0. The Morgan fingerprint density at radius 2 is 0.850 bits per heavy atom. The maximum Gasteiger partial charge on any atom is 0.141 e. The van der Waals surface area contributed by atoms with Gasteiger partial charge in [-0.3, -0.25) is 15.0 Å². The maximum atomic E-state index is 9.31. The molecule has 0 spiro atoms. The van der Waals surface area contributed by atoms with Gasteiger partial charge in [0.2, 0.25) is 0 Å². The lowest BCUT2D eigenvalue weighted by atomic mass is 10.1. The van der Waals surface area contributed by atoms with Gasteiger partial charge in [-0.05, 0) is 49.2 Å². The SMILES string of the molecule is C.C.Cc1cccc2cccnc12.Cc1cccc2cccnc12.Cl.ClCCl.O.Oc1cccc2cccnc12. The molecule has 0 radical (unpaired) electrons. The van der Waals surface area contributed by atoms with Crippen LogP contribution in [0.4, 0.5) is 0 Å². The van der Waals surface area contributed by atoms with Crippen molar-refractivity contribution < 1.29 is 10.6 Å². The summed E-state index contributed by atoms with van der Waals surface area (Å²) in [6, 6.07) is 29.6. The van der Waals surface area contributed by atoms with Crippen LogP contribution in [0.5, 0.6) is 5.75 Å². The average Bonchev–Trinajstić information content (AvgIpc) is 2.91. The number of benzene rings is 3. The number of pyridine rings is 3. The first kappa shape index (κ1) is 38.7. The molecule has 0 aliphatic carbocycles. The first-order valence-electron chi connectivity index (χ1n) is 11.3. The van der Waals surface area contributed by atoms with Crippen LogP contribution >= 0.6 is 35.6 Å². The van der Waals surface area contributed by atoms with E-state index in [1.807, 2.05) is 42.7 Å². The van der Waals surface area contributed by atoms with Crippen molar-refractivity contribution in [2.45, 2.75) is 28.7 Å². The molecule has 3 aromatic heterocycles. The number of halogens is 3. The topological polar surface area (TPSA) is 90.4 Å². The van der Waals surface area contributed by atoms with Gasteiger partial charge in [-0.15, -0.1) is 35.6 Å². The van der Waals surface area contributed by atoms with Crippen molar-refractivity contribution in [1.29, 1.82) is 0 Å². The van der Waals surface area contributed by atoms with Gasteiger partial charge in [0.05, 0.1) is 16.4 Å². The van der Waals surface area contributed by atoms with Crippen LogP contribution in [0.3, 0.4) is 0 Å². The third-order valence-corrected chi connectivity index (χ3v) is 5.28. The van der Waals surface area contributed by atoms with Crippen molar-refractivity contribution in [3.63, 3.8) is 0 Å². The second kappa shape index (κ2) is 20.4. The molecular weight excluding hydrogens is 565 g/mol. The molecule has 5 nitrogen and oxygen atoms in total. The van der Waals surface area contributed by atoms with E-state index in [1.165, 1.54) is 21.9 Å². The van der Waals surface area contributed by atoms with Crippen LogP contribution in [-0.4, -0.2) is 30.9 Å². The van der Waals surface area contributed by atoms with Gasteiger partial charge in [-0.1, -0.05) is 81.6 Å². The van der Waals surface area contributed by atoms with Gasteiger partial charge in [0.25, 0.3) is 0 Å². The summed E-state index contributed by atoms with van der Waals surface area (Å²) < 4.78 is 0. The van der Waals surface area contributed by atoms with Gasteiger partial charge in [0, 0.05) is 34.7 Å². The molecule has 6 aromatic rings. The number of para-hydroxylation sites is 3. The van der Waals surface area contributed by atoms with Crippen molar-refractivity contribution >= 4 is 68.3 Å². The van der Waals surface area contributed by atoms with E-state index >= 15 is 0 Å². The van der Waals surface area contributed by atoms with E-state index in [1.54, 1.807) is 18.3 Å². The highest BCUT2D eigenvalue weighted by Crippen LogP contribution is 2.20. The van der Waals surface area contributed by atoms with Crippen molar-refractivity contribution in [3.8, 4) is 5.75 Å². The van der Waals surface area contributed by atoms with Gasteiger partial charge in [-0.25, -0.2) is 0 Å². The van der Waals surface area contributed by atoms with Crippen LogP contribution in [0.15, 0.2) is 110 Å². The quantitative estimate of drug-likeness (QED) is 0.175. The van der Waals surface area contributed by atoms with E-state index in [4.69, 9.17) is 23.2 Å². The van der Waals surface area contributed by atoms with E-state index in [0.717, 1.165) is 16.4 Å². The smallest absolute Gasteiger partial charge is 0.141 e. The number of phenols is 1. The van der Waals surface area contributed by atoms with Crippen molar-refractivity contribution in [3.05, 3.63) is 121 Å². The second-order valence-electron chi connectivity index (χ2n) is 7.75. The summed E-state index contributed by atoms with van der Waals surface area (Å²) in [5, 5.41) is 12.9. The first-order chi connectivity index (χ1) is 17.5. The van der Waals surface area contributed by atoms with E-state index < -0.39 is 0 Å². The fourth-order valence-electron chi connectivity index (χ4n) is 3.60. The summed E-state index contributed by atoms with van der Waals surface area (Å²) in [6.45, 7) is 4.16. The molecule has 214 valence electrons. The summed E-state index contributed by atoms with van der Waals surface area (Å²) in [6.07, 6.45) is 5.33. The maximum absolute atomic E-state index is 9.31. The Morgan fingerprint density at radius 1 is 0.550 bits per heavy atom. The average molecular weight is 603 g/mol. The van der Waals surface area contributed by atoms with E-state index in [0.29, 0.717) is 5.52 Å². The Bertz CT molecular complexity index is 1350.